The first kappa shape index (κ1) is 29.5. The molecule has 1 aromatic carbocycles. The Labute approximate surface area is 204 Å². The van der Waals surface area contributed by atoms with Crippen LogP contribution in [0.1, 0.15) is 130 Å². The molecule has 1 amide bonds. The van der Waals surface area contributed by atoms with Gasteiger partial charge in [-0.2, -0.15) is 5.06 Å². The van der Waals surface area contributed by atoms with E-state index in [0.29, 0.717) is 12.3 Å². The molecule has 1 aromatic rings. The van der Waals surface area contributed by atoms with Gasteiger partial charge < -0.3 is 4.74 Å². The number of amides is 1. The SMILES string of the molecule is CCCCCCCCCCCCCCCCCCON(C(=O)OC(C)(C)C)c1ccccc1. The monoisotopic (exact) mass is 461 g/mol. The van der Waals surface area contributed by atoms with Gasteiger partial charge in [0.2, 0.25) is 0 Å². The summed E-state index contributed by atoms with van der Waals surface area (Å²) in [5, 5.41) is 1.29. The molecule has 0 aliphatic carbocycles. The van der Waals surface area contributed by atoms with Gasteiger partial charge in [-0.15, -0.1) is 0 Å². The first-order valence-corrected chi connectivity index (χ1v) is 13.6. The van der Waals surface area contributed by atoms with Gasteiger partial charge in [-0.05, 0) is 39.3 Å². The van der Waals surface area contributed by atoms with Crippen LogP contribution in [0.4, 0.5) is 10.5 Å². The second-order valence-electron chi connectivity index (χ2n) is 10.2. The largest absolute Gasteiger partial charge is 0.442 e. The Morgan fingerprint density at radius 1 is 0.697 bits per heavy atom. The van der Waals surface area contributed by atoms with Crippen molar-refractivity contribution in [2.24, 2.45) is 0 Å². The number of hydrogen-bond acceptors (Lipinski definition) is 3. The highest BCUT2D eigenvalue weighted by atomic mass is 16.7. The topological polar surface area (TPSA) is 38.8 Å². The number of nitrogens with zero attached hydrogens (tertiary/aromatic N) is 1. The molecule has 190 valence electrons. The number of unbranched alkanes of at least 4 members (excludes halogenated alkanes) is 15. The Balaban J connectivity index is 2.04. The predicted octanol–water partition coefficient (Wildman–Crippen LogP) is 9.62. The van der Waals surface area contributed by atoms with E-state index < -0.39 is 11.7 Å². The van der Waals surface area contributed by atoms with E-state index in [1.54, 1.807) is 0 Å². The average molecular weight is 462 g/mol. The maximum absolute atomic E-state index is 12.5. The Bertz CT molecular complexity index is 582. The maximum Gasteiger partial charge on any atom is 0.439 e. The van der Waals surface area contributed by atoms with Crippen molar-refractivity contribution in [3.8, 4) is 0 Å². The third kappa shape index (κ3) is 16.7. The number of hydrogen-bond donors (Lipinski definition) is 0. The predicted molar refractivity (Wildman–Crippen MR) is 141 cm³/mol. The summed E-state index contributed by atoms with van der Waals surface area (Å²) in [6.07, 6.45) is 21.0. The number of benzene rings is 1. The van der Waals surface area contributed by atoms with Crippen molar-refractivity contribution in [2.45, 2.75) is 136 Å². The van der Waals surface area contributed by atoms with E-state index in [4.69, 9.17) is 9.57 Å². The lowest BCUT2D eigenvalue weighted by atomic mass is 10.0. The molecule has 0 aromatic heterocycles. The molecule has 4 heteroatoms. The maximum atomic E-state index is 12.5. The highest BCUT2D eigenvalue weighted by Crippen LogP contribution is 2.19. The second-order valence-corrected chi connectivity index (χ2v) is 10.2. The molecule has 0 saturated heterocycles. The number of ether oxygens (including phenoxy) is 1. The Morgan fingerprint density at radius 3 is 1.55 bits per heavy atom. The van der Waals surface area contributed by atoms with Crippen LogP contribution in [0.25, 0.3) is 0 Å². The fourth-order valence-electron chi connectivity index (χ4n) is 3.91. The van der Waals surface area contributed by atoms with Crippen LogP contribution in [0.2, 0.25) is 0 Å². The molecular weight excluding hydrogens is 410 g/mol. The molecule has 0 heterocycles. The molecule has 0 N–H and O–H groups in total. The summed E-state index contributed by atoms with van der Waals surface area (Å²) in [4.78, 5) is 18.4. The zero-order valence-corrected chi connectivity index (χ0v) is 22.1. The van der Waals surface area contributed by atoms with E-state index in [2.05, 4.69) is 6.92 Å². The molecule has 4 nitrogen and oxygen atoms in total. The zero-order valence-electron chi connectivity index (χ0n) is 22.1. The molecule has 0 saturated carbocycles. The number of carbonyl (C=O) groups is 1. The van der Waals surface area contributed by atoms with E-state index in [1.165, 1.54) is 95.0 Å². The molecule has 1 rings (SSSR count). The first-order chi connectivity index (χ1) is 15.9. The van der Waals surface area contributed by atoms with Gasteiger partial charge in [-0.3, -0.25) is 4.84 Å². The Kier molecular flexibility index (Phi) is 16.8. The highest BCUT2D eigenvalue weighted by molar-refractivity contribution is 5.85. The van der Waals surface area contributed by atoms with Crippen LogP contribution in [0.5, 0.6) is 0 Å². The Hall–Kier alpha value is -1.55. The second kappa shape index (κ2) is 18.8. The smallest absolute Gasteiger partial charge is 0.439 e. The van der Waals surface area contributed by atoms with E-state index in [0.717, 1.165) is 12.8 Å². The Morgan fingerprint density at radius 2 is 1.12 bits per heavy atom. The first-order valence-electron chi connectivity index (χ1n) is 13.6. The average Bonchev–Trinajstić information content (AvgIpc) is 2.77. The molecule has 0 aliphatic rings. The minimum atomic E-state index is -0.554. The summed E-state index contributed by atoms with van der Waals surface area (Å²) < 4.78 is 5.50. The van der Waals surface area contributed by atoms with Gasteiger partial charge in [0.25, 0.3) is 0 Å². The third-order valence-corrected chi connectivity index (χ3v) is 5.77. The van der Waals surface area contributed by atoms with Gasteiger partial charge >= 0.3 is 6.09 Å². The van der Waals surface area contributed by atoms with Crippen LogP contribution in [-0.2, 0) is 9.57 Å². The van der Waals surface area contributed by atoms with Crippen LogP contribution >= 0.6 is 0 Å². The zero-order chi connectivity index (χ0) is 24.2. The highest BCUT2D eigenvalue weighted by Gasteiger charge is 2.24. The van der Waals surface area contributed by atoms with Gasteiger partial charge in [0.1, 0.15) is 5.60 Å². The van der Waals surface area contributed by atoms with Crippen LogP contribution < -0.4 is 5.06 Å². The summed E-state index contributed by atoms with van der Waals surface area (Å²) in [5.41, 5.74) is 0.144. The van der Waals surface area contributed by atoms with Crippen molar-refractivity contribution in [1.29, 1.82) is 0 Å². The van der Waals surface area contributed by atoms with E-state index in [9.17, 15) is 4.79 Å². The molecule has 0 fully saturated rings. The third-order valence-electron chi connectivity index (χ3n) is 5.77. The minimum Gasteiger partial charge on any atom is -0.442 e. The van der Waals surface area contributed by atoms with Gasteiger partial charge in [-0.25, -0.2) is 4.79 Å². The number of hydroxylamine groups is 1. The van der Waals surface area contributed by atoms with E-state index in [1.807, 2.05) is 51.1 Å². The summed E-state index contributed by atoms with van der Waals surface area (Å²) >= 11 is 0. The van der Waals surface area contributed by atoms with Gasteiger partial charge in [0, 0.05) is 0 Å². The number of carbonyl (C=O) groups excluding carboxylic acids is 1. The summed E-state index contributed by atoms with van der Waals surface area (Å²) in [6, 6.07) is 9.43. The fraction of sp³-hybridized carbons (Fsp3) is 0.759. The molecule has 33 heavy (non-hydrogen) atoms. The summed E-state index contributed by atoms with van der Waals surface area (Å²) in [5.74, 6) is 0. The van der Waals surface area contributed by atoms with Crippen molar-refractivity contribution in [2.75, 3.05) is 11.7 Å². The molecular formula is C29H51NO3. The summed E-state index contributed by atoms with van der Waals surface area (Å²) in [7, 11) is 0. The molecule has 0 aliphatic heterocycles. The number of anilines is 1. The van der Waals surface area contributed by atoms with Gasteiger partial charge in [0.15, 0.2) is 0 Å². The summed E-state index contributed by atoms with van der Waals surface area (Å²) in [6.45, 7) is 8.40. The van der Waals surface area contributed by atoms with Crippen LogP contribution in [0.15, 0.2) is 30.3 Å². The fourth-order valence-corrected chi connectivity index (χ4v) is 3.91. The molecule has 0 radical (unpaired) electrons. The van der Waals surface area contributed by atoms with Gasteiger partial charge in [0.05, 0.1) is 12.3 Å². The van der Waals surface area contributed by atoms with Crippen LogP contribution in [0.3, 0.4) is 0 Å². The normalized spacial score (nSPS) is 11.5. The lowest BCUT2D eigenvalue weighted by Crippen LogP contribution is -2.37. The molecule has 0 atom stereocenters. The van der Waals surface area contributed by atoms with E-state index >= 15 is 0 Å². The van der Waals surface area contributed by atoms with Crippen molar-refractivity contribution in [1.82, 2.24) is 0 Å². The van der Waals surface area contributed by atoms with Crippen molar-refractivity contribution in [3.05, 3.63) is 30.3 Å². The van der Waals surface area contributed by atoms with E-state index in [-0.39, 0.29) is 0 Å². The number of rotatable bonds is 19. The van der Waals surface area contributed by atoms with Crippen LogP contribution in [0, 0.1) is 0 Å². The van der Waals surface area contributed by atoms with Crippen molar-refractivity contribution < 1.29 is 14.4 Å². The lowest BCUT2D eigenvalue weighted by molar-refractivity contribution is 0.0221. The van der Waals surface area contributed by atoms with Crippen molar-refractivity contribution in [3.63, 3.8) is 0 Å². The molecule has 0 bridgehead atoms. The lowest BCUT2D eigenvalue weighted by Gasteiger charge is -2.26. The standard InChI is InChI=1S/C29H51NO3/c1-5-6-7-8-9-10-11-12-13-14-15-16-17-18-19-23-26-32-30(27-24-21-20-22-25-27)28(31)33-29(2,3)4/h20-22,24-25H,5-19,23,26H2,1-4H3. The van der Waals surface area contributed by atoms with Gasteiger partial charge in [-0.1, -0.05) is 121 Å². The molecule has 0 unspecified atom stereocenters. The molecule has 0 spiro atoms. The van der Waals surface area contributed by atoms with Crippen LogP contribution in [-0.4, -0.2) is 18.3 Å². The quantitative estimate of drug-likeness (QED) is 0.152. The van der Waals surface area contributed by atoms with Crippen molar-refractivity contribution >= 4 is 11.8 Å². The number of para-hydroxylation sites is 1. The minimum absolute atomic E-state index is 0.467.